The second-order valence-electron chi connectivity index (χ2n) is 4.33. The highest BCUT2D eigenvalue weighted by atomic mass is 79.9. The van der Waals surface area contributed by atoms with Gasteiger partial charge in [0.2, 0.25) is 0 Å². The Balaban J connectivity index is 2.53. The van der Waals surface area contributed by atoms with Gasteiger partial charge in [-0.05, 0) is 34.6 Å². The number of methoxy groups -OCH3 is 2. The number of nitrogens with zero attached hydrogens (tertiary/aromatic N) is 2. The third-order valence-electron chi connectivity index (χ3n) is 3.11. The number of aromatic nitrogens is 2. The Kier molecular flexibility index (Phi) is 5.52. The summed E-state index contributed by atoms with van der Waals surface area (Å²) in [6, 6.07) is 3.79. The lowest BCUT2D eigenvalue weighted by atomic mass is 10.0. The number of hydrogen-bond acceptors (Lipinski definition) is 5. The van der Waals surface area contributed by atoms with Gasteiger partial charge in [-0.15, -0.1) is 0 Å². The van der Waals surface area contributed by atoms with Crippen LogP contribution in [0, 0.1) is 0 Å². The molecule has 1 unspecified atom stereocenters. The van der Waals surface area contributed by atoms with E-state index in [-0.39, 0.29) is 6.04 Å². The van der Waals surface area contributed by atoms with Gasteiger partial charge in [0, 0.05) is 18.0 Å². The first kappa shape index (κ1) is 15.7. The molecule has 1 aromatic carbocycles. The van der Waals surface area contributed by atoms with Crippen molar-refractivity contribution in [3.63, 3.8) is 0 Å². The van der Waals surface area contributed by atoms with Gasteiger partial charge in [0.25, 0.3) is 0 Å². The molecular formula is C15H18BrN3O2. The average Bonchev–Trinajstić information content (AvgIpc) is 2.53. The Morgan fingerprint density at radius 1 is 1.24 bits per heavy atom. The van der Waals surface area contributed by atoms with Gasteiger partial charge in [-0.25, -0.2) is 0 Å². The lowest BCUT2D eigenvalue weighted by Crippen LogP contribution is -2.23. The molecular weight excluding hydrogens is 334 g/mol. The topological polar surface area (TPSA) is 56.3 Å². The molecule has 0 spiro atoms. The smallest absolute Gasteiger partial charge is 0.141 e. The zero-order valence-corrected chi connectivity index (χ0v) is 13.8. The van der Waals surface area contributed by atoms with Crippen molar-refractivity contribution < 1.29 is 9.47 Å². The maximum Gasteiger partial charge on any atom is 0.141 e. The summed E-state index contributed by atoms with van der Waals surface area (Å²) in [5, 5.41) is 3.41. The SMILES string of the molecule is CCNC(c1cnccn1)c1ccc(OC)c(Br)c1OC. The van der Waals surface area contributed by atoms with Gasteiger partial charge in [-0.3, -0.25) is 9.97 Å². The van der Waals surface area contributed by atoms with Gasteiger partial charge < -0.3 is 14.8 Å². The van der Waals surface area contributed by atoms with Crippen LogP contribution in [0.25, 0.3) is 0 Å². The van der Waals surface area contributed by atoms with E-state index in [1.54, 1.807) is 32.8 Å². The highest BCUT2D eigenvalue weighted by molar-refractivity contribution is 9.10. The van der Waals surface area contributed by atoms with E-state index < -0.39 is 0 Å². The van der Waals surface area contributed by atoms with E-state index >= 15 is 0 Å². The summed E-state index contributed by atoms with van der Waals surface area (Å²) in [4.78, 5) is 8.54. The molecule has 6 heteroatoms. The number of nitrogens with one attached hydrogen (secondary N) is 1. The fraction of sp³-hybridized carbons (Fsp3) is 0.333. The van der Waals surface area contributed by atoms with E-state index in [1.165, 1.54) is 0 Å². The van der Waals surface area contributed by atoms with Crippen LogP contribution < -0.4 is 14.8 Å². The molecule has 5 nitrogen and oxygen atoms in total. The molecule has 0 aliphatic heterocycles. The molecule has 0 bridgehead atoms. The standard InChI is InChI=1S/C15H18BrN3O2/c1-4-18-14(11-9-17-7-8-19-11)10-5-6-12(20-2)13(16)15(10)21-3/h5-9,14,18H,4H2,1-3H3. The van der Waals surface area contributed by atoms with E-state index in [0.717, 1.165) is 33.8 Å². The fourth-order valence-electron chi connectivity index (χ4n) is 2.18. The normalized spacial score (nSPS) is 12.0. The minimum atomic E-state index is -0.0964. The second kappa shape index (κ2) is 7.38. The monoisotopic (exact) mass is 351 g/mol. The maximum atomic E-state index is 5.55. The third kappa shape index (κ3) is 3.33. The van der Waals surface area contributed by atoms with Crippen molar-refractivity contribution in [2.45, 2.75) is 13.0 Å². The van der Waals surface area contributed by atoms with E-state index in [0.29, 0.717) is 0 Å². The Bertz CT molecular complexity index is 593. The molecule has 0 aliphatic carbocycles. The molecule has 2 rings (SSSR count). The Labute approximate surface area is 132 Å². The molecule has 1 N–H and O–H groups in total. The first-order chi connectivity index (χ1) is 10.2. The third-order valence-corrected chi connectivity index (χ3v) is 3.87. The van der Waals surface area contributed by atoms with Crippen molar-refractivity contribution >= 4 is 15.9 Å². The summed E-state index contributed by atoms with van der Waals surface area (Å²) in [5.41, 5.74) is 1.82. The summed E-state index contributed by atoms with van der Waals surface area (Å²) >= 11 is 3.53. The minimum absolute atomic E-state index is 0.0964. The molecule has 2 aromatic rings. The van der Waals surface area contributed by atoms with Crippen LogP contribution in [0.4, 0.5) is 0 Å². The van der Waals surface area contributed by atoms with Gasteiger partial charge in [-0.1, -0.05) is 6.92 Å². The Morgan fingerprint density at radius 2 is 2.05 bits per heavy atom. The molecule has 1 aromatic heterocycles. The van der Waals surface area contributed by atoms with Crippen LogP contribution in [0.2, 0.25) is 0 Å². The predicted molar refractivity (Wildman–Crippen MR) is 84.8 cm³/mol. The molecule has 21 heavy (non-hydrogen) atoms. The molecule has 1 atom stereocenters. The Hall–Kier alpha value is -1.66. The molecule has 0 aliphatic rings. The zero-order valence-electron chi connectivity index (χ0n) is 12.3. The predicted octanol–water partition coefficient (Wildman–Crippen LogP) is 2.96. The molecule has 0 amide bonds. The van der Waals surface area contributed by atoms with Gasteiger partial charge in [-0.2, -0.15) is 0 Å². The lowest BCUT2D eigenvalue weighted by molar-refractivity contribution is 0.382. The molecule has 1 heterocycles. The highest BCUT2D eigenvalue weighted by Crippen LogP contribution is 2.40. The van der Waals surface area contributed by atoms with Crippen molar-refractivity contribution in [3.05, 3.63) is 46.5 Å². The Morgan fingerprint density at radius 3 is 2.62 bits per heavy atom. The summed E-state index contributed by atoms with van der Waals surface area (Å²) in [7, 11) is 3.27. The maximum absolute atomic E-state index is 5.55. The van der Waals surface area contributed by atoms with E-state index in [9.17, 15) is 0 Å². The summed E-state index contributed by atoms with van der Waals surface area (Å²) in [6.45, 7) is 2.85. The largest absolute Gasteiger partial charge is 0.495 e. The van der Waals surface area contributed by atoms with Crippen LogP contribution in [0.1, 0.15) is 24.2 Å². The molecule has 112 valence electrons. The molecule has 0 saturated heterocycles. The summed E-state index contributed by atoms with van der Waals surface area (Å²) < 4.78 is 11.7. The second-order valence-corrected chi connectivity index (χ2v) is 5.12. The number of ether oxygens (including phenoxy) is 2. The number of rotatable bonds is 6. The minimum Gasteiger partial charge on any atom is -0.495 e. The van der Waals surface area contributed by atoms with E-state index in [2.05, 4.69) is 38.1 Å². The first-order valence-corrected chi connectivity index (χ1v) is 7.41. The first-order valence-electron chi connectivity index (χ1n) is 6.62. The molecule has 0 radical (unpaired) electrons. The lowest BCUT2D eigenvalue weighted by Gasteiger charge is -2.21. The van der Waals surface area contributed by atoms with Crippen LogP contribution in [-0.2, 0) is 0 Å². The number of hydrogen-bond donors (Lipinski definition) is 1. The average molecular weight is 352 g/mol. The van der Waals surface area contributed by atoms with Crippen LogP contribution in [0.3, 0.4) is 0 Å². The number of benzene rings is 1. The van der Waals surface area contributed by atoms with Crippen LogP contribution in [0.5, 0.6) is 11.5 Å². The molecule has 0 fully saturated rings. The van der Waals surface area contributed by atoms with E-state index in [4.69, 9.17) is 9.47 Å². The van der Waals surface area contributed by atoms with E-state index in [1.807, 2.05) is 12.1 Å². The highest BCUT2D eigenvalue weighted by Gasteiger charge is 2.22. The summed E-state index contributed by atoms with van der Waals surface area (Å²) in [5.74, 6) is 1.45. The number of halogens is 1. The zero-order chi connectivity index (χ0) is 15.2. The quantitative estimate of drug-likeness (QED) is 0.866. The van der Waals surface area contributed by atoms with Crippen LogP contribution >= 0.6 is 15.9 Å². The van der Waals surface area contributed by atoms with Crippen molar-refractivity contribution in [3.8, 4) is 11.5 Å². The van der Waals surface area contributed by atoms with Gasteiger partial charge in [0.15, 0.2) is 0 Å². The fourth-order valence-corrected chi connectivity index (χ4v) is 2.87. The van der Waals surface area contributed by atoms with Crippen molar-refractivity contribution in [1.82, 2.24) is 15.3 Å². The van der Waals surface area contributed by atoms with Gasteiger partial charge >= 0.3 is 0 Å². The van der Waals surface area contributed by atoms with Gasteiger partial charge in [0.05, 0.1) is 32.2 Å². The molecule has 0 saturated carbocycles. The van der Waals surface area contributed by atoms with Crippen molar-refractivity contribution in [1.29, 1.82) is 0 Å². The van der Waals surface area contributed by atoms with Gasteiger partial charge in [0.1, 0.15) is 16.0 Å². The van der Waals surface area contributed by atoms with Crippen molar-refractivity contribution in [2.75, 3.05) is 20.8 Å². The van der Waals surface area contributed by atoms with Crippen molar-refractivity contribution in [2.24, 2.45) is 0 Å². The van der Waals surface area contributed by atoms with Crippen LogP contribution in [-0.4, -0.2) is 30.7 Å². The summed E-state index contributed by atoms with van der Waals surface area (Å²) in [6.07, 6.45) is 5.10. The van der Waals surface area contributed by atoms with Crippen LogP contribution in [0.15, 0.2) is 35.2 Å².